The van der Waals surface area contributed by atoms with Crippen molar-refractivity contribution in [3.8, 4) is 16.3 Å². The van der Waals surface area contributed by atoms with Crippen LogP contribution in [0.4, 0.5) is 13.2 Å². The van der Waals surface area contributed by atoms with Gasteiger partial charge in [0.05, 0.1) is 6.54 Å². The minimum atomic E-state index is -4.65. The number of hydrogen-bond donors (Lipinski definition) is 4. The Morgan fingerprint density at radius 1 is 1.28 bits per heavy atom. The topological polar surface area (TPSA) is 114 Å². The second-order valence-electron chi connectivity index (χ2n) is 6.54. The molecule has 0 unspecified atom stereocenters. The second kappa shape index (κ2) is 8.99. The van der Waals surface area contributed by atoms with Crippen LogP contribution < -0.4 is 16.8 Å². The van der Waals surface area contributed by atoms with Gasteiger partial charge in [-0.2, -0.15) is 13.2 Å². The first kappa shape index (κ1) is 22.3. The molecule has 0 saturated carbocycles. The molecule has 0 spiro atoms. The highest BCUT2D eigenvalue weighted by Crippen LogP contribution is 2.32. The predicted molar refractivity (Wildman–Crippen MR) is 106 cm³/mol. The lowest BCUT2D eigenvalue weighted by atomic mass is 10.1. The molecule has 0 saturated heterocycles. The molecule has 2 aromatic rings. The summed E-state index contributed by atoms with van der Waals surface area (Å²) < 4.78 is 37.0. The van der Waals surface area contributed by atoms with Crippen LogP contribution in [0.2, 0.25) is 0 Å². The van der Waals surface area contributed by atoms with Crippen molar-refractivity contribution in [1.29, 1.82) is 0 Å². The van der Waals surface area contributed by atoms with Gasteiger partial charge in [-0.15, -0.1) is 11.3 Å². The number of nitrogens with zero attached hydrogens (tertiary/aromatic N) is 1. The molecule has 0 aliphatic carbocycles. The zero-order chi connectivity index (χ0) is 21.8. The minimum Gasteiger partial charge on any atom is -0.508 e. The van der Waals surface area contributed by atoms with Gasteiger partial charge in [-0.05, 0) is 36.3 Å². The molecule has 10 heteroatoms. The highest BCUT2D eigenvalue weighted by molar-refractivity contribution is 7.15. The smallest absolute Gasteiger partial charge is 0.430 e. The van der Waals surface area contributed by atoms with Crippen LogP contribution >= 0.6 is 11.3 Å². The Morgan fingerprint density at radius 3 is 2.55 bits per heavy atom. The van der Waals surface area contributed by atoms with Crippen molar-refractivity contribution in [1.82, 2.24) is 10.3 Å². The lowest BCUT2D eigenvalue weighted by Gasteiger charge is -2.08. The SMILES string of the molecule is CC(C)c1cnc(-c2cc(O)cc(C(=O)NC/C(N)=C/C=C(\N)C(F)(F)F)c2)s1. The molecular weight excluding hydrogens is 405 g/mol. The molecule has 0 atom stereocenters. The maximum atomic E-state index is 12.4. The number of halogens is 3. The summed E-state index contributed by atoms with van der Waals surface area (Å²) in [5, 5.41) is 13.1. The Morgan fingerprint density at radius 2 is 1.97 bits per heavy atom. The number of aromatic hydroxyl groups is 1. The van der Waals surface area contributed by atoms with Crippen LogP contribution in [0.5, 0.6) is 5.75 Å². The summed E-state index contributed by atoms with van der Waals surface area (Å²) >= 11 is 1.46. The summed E-state index contributed by atoms with van der Waals surface area (Å²) in [6, 6.07) is 4.34. The van der Waals surface area contributed by atoms with E-state index in [-0.39, 0.29) is 23.6 Å². The van der Waals surface area contributed by atoms with Gasteiger partial charge in [-0.3, -0.25) is 4.79 Å². The Kier molecular flexibility index (Phi) is 6.91. The molecule has 0 fully saturated rings. The van der Waals surface area contributed by atoms with Crippen molar-refractivity contribution >= 4 is 17.2 Å². The van der Waals surface area contributed by atoms with Crippen molar-refractivity contribution in [2.45, 2.75) is 25.9 Å². The highest BCUT2D eigenvalue weighted by atomic mass is 32.1. The zero-order valence-electron chi connectivity index (χ0n) is 15.7. The second-order valence-corrected chi connectivity index (χ2v) is 7.60. The van der Waals surface area contributed by atoms with Crippen molar-refractivity contribution < 1.29 is 23.1 Å². The number of carbonyl (C=O) groups is 1. The van der Waals surface area contributed by atoms with Crippen molar-refractivity contribution in [3.05, 3.63) is 58.4 Å². The van der Waals surface area contributed by atoms with Gasteiger partial charge in [0.1, 0.15) is 16.5 Å². The molecule has 29 heavy (non-hydrogen) atoms. The number of nitrogens with one attached hydrogen (secondary N) is 1. The van der Waals surface area contributed by atoms with E-state index in [1.165, 1.54) is 23.5 Å². The van der Waals surface area contributed by atoms with E-state index >= 15 is 0 Å². The third kappa shape index (κ3) is 6.24. The first-order chi connectivity index (χ1) is 13.5. The number of allylic oxidation sites excluding steroid dienone is 3. The van der Waals surface area contributed by atoms with E-state index in [1.54, 1.807) is 12.3 Å². The number of aromatic nitrogens is 1. The normalized spacial score (nSPS) is 13.0. The molecular formula is C19H21F3N4O2S. The first-order valence-corrected chi connectivity index (χ1v) is 9.36. The zero-order valence-corrected chi connectivity index (χ0v) is 16.6. The Bertz CT molecular complexity index is 949. The van der Waals surface area contributed by atoms with Crippen molar-refractivity contribution in [2.75, 3.05) is 6.54 Å². The quantitative estimate of drug-likeness (QED) is 0.527. The lowest BCUT2D eigenvalue weighted by molar-refractivity contribution is -0.0926. The number of rotatable bonds is 6. The fraction of sp³-hybridized carbons (Fsp3) is 0.263. The van der Waals surface area contributed by atoms with E-state index < -0.39 is 17.8 Å². The van der Waals surface area contributed by atoms with Crippen LogP contribution in [0.25, 0.3) is 10.6 Å². The molecule has 6 N–H and O–H groups in total. The van der Waals surface area contributed by atoms with Gasteiger partial charge >= 0.3 is 6.18 Å². The summed E-state index contributed by atoms with van der Waals surface area (Å²) in [6.45, 7) is 3.88. The summed E-state index contributed by atoms with van der Waals surface area (Å²) in [5.41, 5.74) is 9.89. The van der Waals surface area contributed by atoms with Crippen molar-refractivity contribution in [2.24, 2.45) is 11.5 Å². The minimum absolute atomic E-state index is 0.0209. The Hall–Kier alpha value is -3.01. The average molecular weight is 426 g/mol. The summed E-state index contributed by atoms with van der Waals surface area (Å²) in [5.74, 6) is -0.359. The van der Waals surface area contributed by atoms with Crippen LogP contribution in [0, 0.1) is 0 Å². The maximum absolute atomic E-state index is 12.4. The molecule has 2 rings (SSSR count). The van der Waals surface area contributed by atoms with Gasteiger partial charge < -0.3 is 21.9 Å². The van der Waals surface area contributed by atoms with E-state index in [4.69, 9.17) is 11.5 Å². The van der Waals surface area contributed by atoms with Gasteiger partial charge in [-0.25, -0.2) is 4.98 Å². The van der Waals surface area contributed by atoms with Gasteiger partial charge in [0.25, 0.3) is 5.91 Å². The summed E-state index contributed by atoms with van der Waals surface area (Å²) in [7, 11) is 0. The molecule has 1 heterocycles. The number of thiazole rings is 1. The van der Waals surface area contributed by atoms with Crippen LogP contribution in [0.1, 0.15) is 35.0 Å². The summed E-state index contributed by atoms with van der Waals surface area (Å²) in [4.78, 5) is 17.7. The molecule has 0 bridgehead atoms. The third-order valence-electron chi connectivity index (χ3n) is 3.78. The van der Waals surface area contributed by atoms with Crippen LogP contribution in [-0.4, -0.2) is 28.7 Å². The van der Waals surface area contributed by atoms with E-state index in [0.717, 1.165) is 11.0 Å². The van der Waals surface area contributed by atoms with E-state index in [1.807, 2.05) is 13.8 Å². The van der Waals surface area contributed by atoms with Crippen molar-refractivity contribution in [3.63, 3.8) is 0 Å². The number of carbonyl (C=O) groups excluding carboxylic acids is 1. The number of amides is 1. The number of benzene rings is 1. The van der Waals surface area contributed by atoms with Gasteiger partial charge in [0.15, 0.2) is 0 Å². The standard InChI is InChI=1S/C19H21F3N4O2S/c1-10(2)15-9-26-18(29-15)12-5-11(6-14(27)7-12)17(28)25-8-13(23)3-4-16(24)19(20,21)22/h3-7,9-10,27H,8,23-24H2,1-2H3,(H,25,28)/b13-3-,16-4-. The number of hydrogen-bond acceptors (Lipinski definition) is 6. The maximum Gasteiger partial charge on any atom is 0.430 e. The largest absolute Gasteiger partial charge is 0.508 e. The van der Waals surface area contributed by atoms with E-state index in [9.17, 15) is 23.1 Å². The third-order valence-corrected chi connectivity index (χ3v) is 5.12. The number of alkyl halides is 3. The van der Waals surface area contributed by atoms with Crippen LogP contribution in [0.15, 0.2) is 47.9 Å². The van der Waals surface area contributed by atoms with Crippen LogP contribution in [-0.2, 0) is 0 Å². The Balaban J connectivity index is 2.12. The van der Waals surface area contributed by atoms with E-state index in [2.05, 4.69) is 10.3 Å². The molecule has 6 nitrogen and oxygen atoms in total. The molecule has 0 aliphatic rings. The molecule has 0 aliphatic heterocycles. The molecule has 1 amide bonds. The number of phenols is 1. The highest BCUT2D eigenvalue weighted by Gasteiger charge is 2.30. The van der Waals surface area contributed by atoms with Gasteiger partial charge in [0.2, 0.25) is 0 Å². The summed E-state index contributed by atoms with van der Waals surface area (Å²) in [6.07, 6.45) is -1.30. The average Bonchev–Trinajstić information content (AvgIpc) is 3.13. The predicted octanol–water partition coefficient (Wildman–Crippen LogP) is 3.62. The van der Waals surface area contributed by atoms with Gasteiger partial charge in [0, 0.05) is 27.9 Å². The molecule has 156 valence electrons. The number of nitrogens with two attached hydrogens (primary N) is 2. The first-order valence-electron chi connectivity index (χ1n) is 8.54. The van der Waals surface area contributed by atoms with Gasteiger partial charge in [-0.1, -0.05) is 13.8 Å². The fourth-order valence-electron chi connectivity index (χ4n) is 2.19. The molecule has 0 radical (unpaired) electrons. The fourth-order valence-corrected chi connectivity index (χ4v) is 3.09. The lowest BCUT2D eigenvalue weighted by Crippen LogP contribution is -2.28. The Labute approximate surface area is 169 Å². The van der Waals surface area contributed by atoms with E-state index in [0.29, 0.717) is 22.6 Å². The molecule has 1 aromatic carbocycles. The number of phenolic OH excluding ortho intramolecular Hbond substituents is 1. The monoisotopic (exact) mass is 426 g/mol. The molecule has 1 aromatic heterocycles. The van der Waals surface area contributed by atoms with Crippen LogP contribution in [0.3, 0.4) is 0 Å².